The van der Waals surface area contributed by atoms with Crippen LogP contribution in [-0.2, 0) is 4.79 Å². The van der Waals surface area contributed by atoms with Gasteiger partial charge in [-0.2, -0.15) is 0 Å². The zero-order chi connectivity index (χ0) is 16.8. The van der Waals surface area contributed by atoms with E-state index in [9.17, 15) is 9.59 Å². The van der Waals surface area contributed by atoms with Crippen molar-refractivity contribution in [3.8, 4) is 0 Å². The minimum atomic E-state index is -0.323. The van der Waals surface area contributed by atoms with Crippen LogP contribution in [0.2, 0.25) is 0 Å². The van der Waals surface area contributed by atoms with Gasteiger partial charge >= 0.3 is 0 Å². The Bertz CT molecular complexity index is 835. The maximum absolute atomic E-state index is 11.9. The smallest absolute Gasteiger partial charge is 0.291 e. The van der Waals surface area contributed by atoms with E-state index in [0.29, 0.717) is 11.4 Å². The standard InChI is InChI=1S/C18H14N2O3S/c21-17(10-9-15-3-2-12-24-15)19-13-5-7-14(8-6-13)20-18(22)16-4-1-11-23-16/h1-12H,(H,19,21)(H,20,22)/b10-9+. The third-order valence-electron chi connectivity index (χ3n) is 3.10. The van der Waals surface area contributed by atoms with Crippen LogP contribution in [0.15, 0.2) is 70.7 Å². The number of hydrogen-bond donors (Lipinski definition) is 2. The van der Waals surface area contributed by atoms with Gasteiger partial charge in [0.1, 0.15) is 0 Å². The molecule has 6 heteroatoms. The molecule has 2 heterocycles. The van der Waals surface area contributed by atoms with Gasteiger partial charge < -0.3 is 15.1 Å². The van der Waals surface area contributed by atoms with Crippen LogP contribution in [0.3, 0.4) is 0 Å². The third kappa shape index (κ3) is 4.21. The van der Waals surface area contributed by atoms with E-state index < -0.39 is 0 Å². The fourth-order valence-electron chi connectivity index (χ4n) is 1.97. The first-order valence-electron chi connectivity index (χ1n) is 7.18. The fourth-order valence-corrected chi connectivity index (χ4v) is 2.58. The lowest BCUT2D eigenvalue weighted by Crippen LogP contribution is -2.11. The zero-order valence-electron chi connectivity index (χ0n) is 12.6. The zero-order valence-corrected chi connectivity index (χ0v) is 13.4. The summed E-state index contributed by atoms with van der Waals surface area (Å²) in [6, 6.07) is 14.0. The topological polar surface area (TPSA) is 71.3 Å². The Hall–Kier alpha value is -3.12. The van der Waals surface area contributed by atoms with Gasteiger partial charge in [-0.15, -0.1) is 11.3 Å². The maximum Gasteiger partial charge on any atom is 0.291 e. The van der Waals surface area contributed by atoms with E-state index in [1.807, 2.05) is 17.5 Å². The second-order valence-electron chi connectivity index (χ2n) is 4.85. The Kier molecular flexibility index (Phi) is 4.88. The van der Waals surface area contributed by atoms with Crippen molar-refractivity contribution in [3.63, 3.8) is 0 Å². The van der Waals surface area contributed by atoms with Crippen LogP contribution >= 0.6 is 11.3 Å². The highest BCUT2D eigenvalue weighted by atomic mass is 32.1. The van der Waals surface area contributed by atoms with Crippen molar-refractivity contribution < 1.29 is 14.0 Å². The molecule has 3 rings (SSSR count). The highest BCUT2D eigenvalue weighted by Gasteiger charge is 2.08. The van der Waals surface area contributed by atoms with E-state index in [-0.39, 0.29) is 17.6 Å². The van der Waals surface area contributed by atoms with Crippen molar-refractivity contribution in [1.29, 1.82) is 0 Å². The molecular weight excluding hydrogens is 324 g/mol. The molecule has 0 aliphatic carbocycles. The molecule has 0 aliphatic heterocycles. The number of rotatable bonds is 5. The van der Waals surface area contributed by atoms with Crippen molar-refractivity contribution in [2.45, 2.75) is 0 Å². The summed E-state index contributed by atoms with van der Waals surface area (Å²) < 4.78 is 5.03. The van der Waals surface area contributed by atoms with Gasteiger partial charge in [0.2, 0.25) is 5.91 Å². The molecule has 120 valence electrons. The van der Waals surface area contributed by atoms with Crippen molar-refractivity contribution >= 4 is 40.6 Å². The Morgan fingerprint density at radius 3 is 2.33 bits per heavy atom. The van der Waals surface area contributed by atoms with E-state index in [0.717, 1.165) is 4.88 Å². The second kappa shape index (κ2) is 7.43. The number of carbonyl (C=O) groups excluding carboxylic acids is 2. The van der Waals surface area contributed by atoms with Gasteiger partial charge in [-0.05, 0) is 53.9 Å². The Labute approximate surface area is 142 Å². The lowest BCUT2D eigenvalue weighted by molar-refractivity contribution is -0.111. The average molecular weight is 338 g/mol. The van der Waals surface area contributed by atoms with Crippen LogP contribution < -0.4 is 10.6 Å². The molecule has 5 nitrogen and oxygen atoms in total. The first kappa shape index (κ1) is 15.8. The summed E-state index contributed by atoms with van der Waals surface area (Å²) in [7, 11) is 0. The highest BCUT2D eigenvalue weighted by Crippen LogP contribution is 2.15. The summed E-state index contributed by atoms with van der Waals surface area (Å²) in [6.45, 7) is 0. The van der Waals surface area contributed by atoms with Gasteiger partial charge in [0.25, 0.3) is 5.91 Å². The fraction of sp³-hybridized carbons (Fsp3) is 0. The van der Waals surface area contributed by atoms with E-state index in [2.05, 4.69) is 10.6 Å². The molecule has 0 unspecified atom stereocenters. The summed E-state index contributed by atoms with van der Waals surface area (Å²) in [4.78, 5) is 24.7. The van der Waals surface area contributed by atoms with Crippen molar-refractivity contribution in [3.05, 3.63) is 76.9 Å². The molecular formula is C18H14N2O3S. The molecule has 2 amide bonds. The summed E-state index contributed by atoms with van der Waals surface area (Å²) >= 11 is 1.56. The summed E-state index contributed by atoms with van der Waals surface area (Å²) in [5, 5.41) is 7.42. The molecule has 1 aromatic carbocycles. The molecule has 0 radical (unpaired) electrons. The van der Waals surface area contributed by atoms with Gasteiger partial charge in [0, 0.05) is 22.3 Å². The minimum Gasteiger partial charge on any atom is -0.459 e. The number of nitrogens with one attached hydrogen (secondary N) is 2. The SMILES string of the molecule is O=C(/C=C/c1cccs1)Nc1ccc(NC(=O)c2ccco2)cc1. The molecule has 2 aromatic heterocycles. The molecule has 2 N–H and O–H groups in total. The van der Waals surface area contributed by atoms with E-state index in [1.54, 1.807) is 53.8 Å². The molecule has 0 saturated heterocycles. The molecule has 0 fully saturated rings. The number of benzene rings is 1. The molecule has 0 saturated carbocycles. The number of carbonyl (C=O) groups is 2. The van der Waals surface area contributed by atoms with Crippen LogP contribution in [0.1, 0.15) is 15.4 Å². The van der Waals surface area contributed by atoms with Gasteiger partial charge in [-0.3, -0.25) is 9.59 Å². The average Bonchev–Trinajstić information content (AvgIpc) is 3.28. The van der Waals surface area contributed by atoms with Crippen LogP contribution in [0.4, 0.5) is 11.4 Å². The number of amides is 2. The Morgan fingerprint density at radius 1 is 0.958 bits per heavy atom. The molecule has 0 bridgehead atoms. The summed E-state index contributed by atoms with van der Waals surface area (Å²) in [5.74, 6) is -0.294. The van der Waals surface area contributed by atoms with Gasteiger partial charge in [-0.25, -0.2) is 0 Å². The van der Waals surface area contributed by atoms with Crippen molar-refractivity contribution in [1.82, 2.24) is 0 Å². The van der Waals surface area contributed by atoms with Crippen molar-refractivity contribution in [2.75, 3.05) is 10.6 Å². The van der Waals surface area contributed by atoms with E-state index >= 15 is 0 Å². The van der Waals surface area contributed by atoms with Crippen LogP contribution in [0.5, 0.6) is 0 Å². The molecule has 0 aliphatic rings. The summed E-state index contributed by atoms with van der Waals surface area (Å²) in [5.41, 5.74) is 1.26. The van der Waals surface area contributed by atoms with Gasteiger partial charge in [0.15, 0.2) is 5.76 Å². The normalized spacial score (nSPS) is 10.7. The van der Waals surface area contributed by atoms with Gasteiger partial charge in [-0.1, -0.05) is 6.07 Å². The summed E-state index contributed by atoms with van der Waals surface area (Å²) in [6.07, 6.45) is 4.69. The lowest BCUT2D eigenvalue weighted by Gasteiger charge is -2.05. The highest BCUT2D eigenvalue weighted by molar-refractivity contribution is 7.10. The number of furan rings is 1. The number of hydrogen-bond acceptors (Lipinski definition) is 4. The monoisotopic (exact) mass is 338 g/mol. The number of thiophene rings is 1. The molecule has 0 atom stereocenters. The third-order valence-corrected chi connectivity index (χ3v) is 3.93. The van der Waals surface area contributed by atoms with E-state index in [4.69, 9.17) is 4.42 Å². The minimum absolute atomic E-state index is 0.212. The first-order chi connectivity index (χ1) is 11.7. The molecule has 0 spiro atoms. The Balaban J connectivity index is 1.56. The Morgan fingerprint density at radius 2 is 1.71 bits per heavy atom. The maximum atomic E-state index is 11.9. The van der Waals surface area contributed by atoms with Crippen LogP contribution in [0, 0.1) is 0 Å². The molecule has 24 heavy (non-hydrogen) atoms. The van der Waals surface area contributed by atoms with Gasteiger partial charge in [0.05, 0.1) is 6.26 Å². The van der Waals surface area contributed by atoms with Crippen LogP contribution in [-0.4, -0.2) is 11.8 Å². The molecule has 3 aromatic rings. The van der Waals surface area contributed by atoms with E-state index in [1.165, 1.54) is 12.3 Å². The van der Waals surface area contributed by atoms with Crippen molar-refractivity contribution in [2.24, 2.45) is 0 Å². The van der Waals surface area contributed by atoms with Crippen LogP contribution in [0.25, 0.3) is 6.08 Å². The first-order valence-corrected chi connectivity index (χ1v) is 8.06. The quantitative estimate of drug-likeness (QED) is 0.683. The number of anilines is 2. The largest absolute Gasteiger partial charge is 0.459 e. The lowest BCUT2D eigenvalue weighted by atomic mass is 10.2. The predicted octanol–water partition coefficient (Wildman–Crippen LogP) is 4.25. The predicted molar refractivity (Wildman–Crippen MR) is 95.1 cm³/mol. The second-order valence-corrected chi connectivity index (χ2v) is 5.83.